The number of hydrogen-bond acceptors (Lipinski definition) is 5. The molecule has 0 amide bonds. The summed E-state index contributed by atoms with van der Waals surface area (Å²) in [5, 5.41) is 26.2. The van der Waals surface area contributed by atoms with E-state index in [0.717, 1.165) is 28.7 Å². The number of anilines is 1. The average Bonchev–Trinajstić information content (AvgIpc) is 3.13. The first-order valence-corrected chi connectivity index (χ1v) is 8.84. The number of benzene rings is 2. The van der Waals surface area contributed by atoms with Gasteiger partial charge in [-0.2, -0.15) is 0 Å². The zero-order valence-electron chi connectivity index (χ0n) is 15.0. The van der Waals surface area contributed by atoms with Crippen LogP contribution >= 0.6 is 0 Å². The summed E-state index contributed by atoms with van der Waals surface area (Å²) in [6.45, 7) is 3.89. The molecule has 0 aromatic heterocycles. The van der Waals surface area contributed by atoms with E-state index in [1.807, 2.05) is 19.9 Å². The highest BCUT2D eigenvalue weighted by Crippen LogP contribution is 2.53. The van der Waals surface area contributed by atoms with Gasteiger partial charge < -0.3 is 5.32 Å². The van der Waals surface area contributed by atoms with Crippen LogP contribution in [-0.2, 0) is 0 Å². The Labute approximate surface area is 156 Å². The Kier molecular flexibility index (Phi) is 3.95. The summed E-state index contributed by atoms with van der Waals surface area (Å²) in [7, 11) is 0. The van der Waals surface area contributed by atoms with Gasteiger partial charge in [-0.1, -0.05) is 24.3 Å². The van der Waals surface area contributed by atoms with Gasteiger partial charge in [0, 0.05) is 24.1 Å². The monoisotopic (exact) mass is 365 g/mol. The van der Waals surface area contributed by atoms with Gasteiger partial charge in [-0.15, -0.1) is 0 Å². The van der Waals surface area contributed by atoms with Crippen molar-refractivity contribution in [3.8, 4) is 0 Å². The quantitative estimate of drug-likeness (QED) is 0.471. The van der Waals surface area contributed by atoms with Crippen molar-refractivity contribution in [2.45, 2.75) is 32.2 Å². The molecule has 7 nitrogen and oxygen atoms in total. The topological polar surface area (TPSA) is 98.3 Å². The first-order valence-electron chi connectivity index (χ1n) is 8.84. The van der Waals surface area contributed by atoms with E-state index < -0.39 is 4.92 Å². The van der Waals surface area contributed by atoms with Crippen LogP contribution in [-0.4, -0.2) is 9.85 Å². The maximum atomic E-state index is 11.7. The van der Waals surface area contributed by atoms with Crippen LogP contribution in [0.5, 0.6) is 0 Å². The fourth-order valence-electron chi connectivity index (χ4n) is 4.39. The summed E-state index contributed by atoms with van der Waals surface area (Å²) in [6, 6.07) is 7.91. The molecule has 2 aromatic carbocycles. The van der Waals surface area contributed by atoms with Crippen LogP contribution in [0.1, 0.15) is 40.6 Å². The molecule has 0 saturated heterocycles. The van der Waals surface area contributed by atoms with E-state index in [4.69, 9.17) is 0 Å². The number of nitro benzene ring substituents is 2. The highest BCUT2D eigenvalue weighted by molar-refractivity contribution is 5.74. The third-order valence-corrected chi connectivity index (χ3v) is 5.79. The number of nitrogens with one attached hydrogen (secondary N) is 1. The highest BCUT2D eigenvalue weighted by atomic mass is 16.6. The van der Waals surface area contributed by atoms with Gasteiger partial charge in [0.25, 0.3) is 11.4 Å². The third-order valence-electron chi connectivity index (χ3n) is 5.79. The average molecular weight is 365 g/mol. The number of allylic oxidation sites excluding steroid dienone is 2. The van der Waals surface area contributed by atoms with Crippen LogP contribution in [0.2, 0.25) is 0 Å². The Balaban J connectivity index is 1.89. The van der Waals surface area contributed by atoms with Gasteiger partial charge in [-0.25, -0.2) is 0 Å². The summed E-state index contributed by atoms with van der Waals surface area (Å²) in [5.41, 5.74) is 4.33. The normalized spacial score (nSPS) is 22.7. The minimum Gasteiger partial charge on any atom is -0.372 e. The number of aryl methyl sites for hydroxylation is 1. The second-order valence-corrected chi connectivity index (χ2v) is 7.21. The van der Waals surface area contributed by atoms with E-state index in [0.29, 0.717) is 5.69 Å². The Hall–Kier alpha value is -3.22. The van der Waals surface area contributed by atoms with Crippen LogP contribution in [0.3, 0.4) is 0 Å². The van der Waals surface area contributed by atoms with Crippen LogP contribution in [0.15, 0.2) is 42.5 Å². The minimum atomic E-state index is -0.416. The van der Waals surface area contributed by atoms with Gasteiger partial charge >= 0.3 is 0 Å². The predicted molar refractivity (Wildman–Crippen MR) is 102 cm³/mol. The number of nitrogens with zero attached hydrogens (tertiary/aromatic N) is 2. The van der Waals surface area contributed by atoms with Crippen molar-refractivity contribution in [3.05, 3.63) is 85.0 Å². The number of hydrogen-bond donors (Lipinski definition) is 1. The second kappa shape index (κ2) is 6.19. The fraction of sp³-hybridized carbons (Fsp3) is 0.300. The van der Waals surface area contributed by atoms with Gasteiger partial charge in [-0.3, -0.25) is 20.2 Å². The molecule has 2 aliphatic rings. The zero-order valence-corrected chi connectivity index (χ0v) is 15.0. The van der Waals surface area contributed by atoms with Crippen molar-refractivity contribution in [2.75, 3.05) is 5.32 Å². The molecule has 0 radical (unpaired) electrons. The minimum absolute atomic E-state index is 0.0252. The summed E-state index contributed by atoms with van der Waals surface area (Å²) in [4.78, 5) is 22.1. The van der Waals surface area contributed by atoms with Gasteiger partial charge in [0.2, 0.25) is 0 Å². The lowest BCUT2D eigenvalue weighted by atomic mass is 9.74. The fourth-order valence-corrected chi connectivity index (χ4v) is 4.39. The molecule has 0 unspecified atom stereocenters. The number of rotatable bonds is 3. The number of nitro groups is 2. The molecule has 0 saturated carbocycles. The van der Waals surface area contributed by atoms with E-state index in [9.17, 15) is 20.2 Å². The van der Waals surface area contributed by atoms with E-state index in [1.165, 1.54) is 6.07 Å². The molecular weight excluding hydrogens is 346 g/mol. The van der Waals surface area contributed by atoms with Gasteiger partial charge in [-0.05, 0) is 48.4 Å². The molecule has 27 heavy (non-hydrogen) atoms. The second-order valence-electron chi connectivity index (χ2n) is 7.21. The molecule has 2 aromatic rings. The first kappa shape index (κ1) is 17.2. The number of fused-ring (bicyclic) bond motifs is 3. The Morgan fingerprint density at radius 3 is 2.59 bits per heavy atom. The van der Waals surface area contributed by atoms with Gasteiger partial charge in [0.1, 0.15) is 5.69 Å². The van der Waals surface area contributed by atoms with Crippen molar-refractivity contribution in [1.82, 2.24) is 0 Å². The lowest BCUT2D eigenvalue weighted by Crippen LogP contribution is -2.30. The van der Waals surface area contributed by atoms with E-state index in [1.54, 1.807) is 18.2 Å². The maximum absolute atomic E-state index is 11.7. The lowest BCUT2D eigenvalue weighted by molar-refractivity contribution is -0.384. The SMILES string of the molecule is Cc1cc([N+](=O)[O-])c2c(c1C)[C@H]1C=CC[C@@H]1[C@H](c1cccc([N+](=O)[O-])c1)N2. The third kappa shape index (κ3) is 2.66. The molecule has 1 heterocycles. The summed E-state index contributed by atoms with van der Waals surface area (Å²) < 4.78 is 0. The Morgan fingerprint density at radius 2 is 1.89 bits per heavy atom. The molecule has 3 atom stereocenters. The largest absolute Gasteiger partial charge is 0.372 e. The molecule has 1 aliphatic carbocycles. The highest BCUT2D eigenvalue weighted by Gasteiger charge is 2.42. The molecule has 0 bridgehead atoms. The molecule has 0 spiro atoms. The molecule has 7 heteroatoms. The molecule has 0 fully saturated rings. The van der Waals surface area contributed by atoms with E-state index in [-0.39, 0.29) is 34.2 Å². The molecule has 1 aliphatic heterocycles. The van der Waals surface area contributed by atoms with Crippen LogP contribution in [0.4, 0.5) is 17.1 Å². The maximum Gasteiger partial charge on any atom is 0.292 e. The van der Waals surface area contributed by atoms with E-state index in [2.05, 4.69) is 17.5 Å². The lowest BCUT2D eigenvalue weighted by Gasteiger charge is -2.38. The van der Waals surface area contributed by atoms with E-state index >= 15 is 0 Å². The summed E-state index contributed by atoms with van der Waals surface area (Å²) in [6.07, 6.45) is 5.04. The summed E-state index contributed by atoms with van der Waals surface area (Å²) in [5.74, 6) is 0.226. The van der Waals surface area contributed by atoms with Crippen LogP contribution in [0.25, 0.3) is 0 Å². The zero-order chi connectivity index (χ0) is 19.3. The van der Waals surface area contributed by atoms with Crippen molar-refractivity contribution in [1.29, 1.82) is 0 Å². The molecule has 4 rings (SSSR count). The first-order chi connectivity index (χ1) is 12.9. The molecule has 138 valence electrons. The number of non-ortho nitro benzene ring substituents is 1. The van der Waals surface area contributed by atoms with Crippen molar-refractivity contribution >= 4 is 17.1 Å². The summed E-state index contributed by atoms with van der Waals surface area (Å²) >= 11 is 0. The van der Waals surface area contributed by atoms with Gasteiger partial charge in [0.05, 0.1) is 15.9 Å². The van der Waals surface area contributed by atoms with Crippen molar-refractivity contribution < 1.29 is 9.85 Å². The Bertz CT molecular complexity index is 999. The van der Waals surface area contributed by atoms with Crippen LogP contribution in [0, 0.1) is 40.0 Å². The molecule has 1 N–H and O–H groups in total. The molecular formula is C20H19N3O4. The van der Waals surface area contributed by atoms with Gasteiger partial charge in [0.15, 0.2) is 0 Å². The van der Waals surface area contributed by atoms with Crippen LogP contribution < -0.4 is 5.32 Å². The van der Waals surface area contributed by atoms with Crippen molar-refractivity contribution in [2.24, 2.45) is 5.92 Å². The predicted octanol–water partition coefficient (Wildman–Crippen LogP) is 4.95. The van der Waals surface area contributed by atoms with Crippen molar-refractivity contribution in [3.63, 3.8) is 0 Å². The smallest absolute Gasteiger partial charge is 0.292 e. The standard InChI is InChI=1S/C20H19N3O4/c1-11-9-17(23(26)27)20-18(12(11)2)15-7-4-8-16(15)19(21-20)13-5-3-6-14(10-13)22(24)25/h3-7,9-10,15-16,19,21H,8H2,1-2H3/t15-,16-,19-/m0/s1. The Morgan fingerprint density at radius 1 is 1.11 bits per heavy atom.